The molecule has 0 aromatic rings. The number of nitrogens with zero attached hydrogens (tertiary/aromatic N) is 1. The van der Waals surface area contributed by atoms with Crippen LogP contribution in [0.3, 0.4) is 0 Å². The van der Waals surface area contributed by atoms with Gasteiger partial charge in [-0.3, -0.25) is 9.59 Å². The Morgan fingerprint density at radius 1 is 1.18 bits per heavy atom. The highest BCUT2D eigenvalue weighted by molar-refractivity contribution is 5.82. The van der Waals surface area contributed by atoms with E-state index in [1.165, 1.54) is 0 Å². The average Bonchev–Trinajstić information content (AvgIpc) is 2.99. The van der Waals surface area contributed by atoms with Gasteiger partial charge in [-0.25, -0.2) is 4.79 Å². The molecule has 0 atom stereocenters. The Morgan fingerprint density at radius 3 is 2.00 bits per heavy atom. The first-order chi connectivity index (χ1) is 10.3. The minimum atomic E-state index is -0.542. The fraction of sp³-hybridized carbons (Fsp3) is 0.800. The van der Waals surface area contributed by atoms with Crippen LogP contribution >= 0.6 is 0 Å². The maximum absolute atomic E-state index is 11.6. The van der Waals surface area contributed by atoms with Gasteiger partial charge in [-0.05, 0) is 33.6 Å². The molecule has 2 N–H and O–H groups in total. The van der Waals surface area contributed by atoms with Crippen LogP contribution in [0.5, 0.6) is 0 Å². The zero-order valence-electron chi connectivity index (χ0n) is 14.7. The Morgan fingerprint density at radius 2 is 1.64 bits per heavy atom. The topological polar surface area (TPSA) is 87.7 Å². The summed E-state index contributed by atoms with van der Waals surface area (Å²) in [4.78, 5) is 33.7. The average molecular weight is 317 g/mol. The van der Waals surface area contributed by atoms with Gasteiger partial charge in [0, 0.05) is 20.1 Å². The van der Waals surface area contributed by atoms with Gasteiger partial charge in [0.1, 0.15) is 12.1 Å². The molecule has 1 heterocycles. The first-order valence-corrected chi connectivity index (χ1v) is 7.65. The quantitative estimate of drug-likeness (QED) is 0.773. The molecule has 7 nitrogen and oxygen atoms in total. The zero-order valence-corrected chi connectivity index (χ0v) is 14.7. The number of rotatable bonds is 3. The van der Waals surface area contributed by atoms with Gasteiger partial charge in [-0.1, -0.05) is 13.8 Å². The molecule has 22 heavy (non-hydrogen) atoms. The van der Waals surface area contributed by atoms with E-state index in [9.17, 15) is 9.59 Å². The van der Waals surface area contributed by atoms with E-state index < -0.39 is 11.7 Å². The van der Waals surface area contributed by atoms with Gasteiger partial charge >= 0.3 is 6.09 Å². The number of likely N-dealkylation sites (tertiary alicyclic amines) is 1. The van der Waals surface area contributed by atoms with Crippen LogP contribution in [0.15, 0.2) is 0 Å². The van der Waals surface area contributed by atoms with Crippen molar-refractivity contribution in [1.29, 1.82) is 0 Å². The molecule has 7 heteroatoms. The molecule has 1 rings (SSSR count). The molecule has 130 valence electrons. The number of ether oxygens (including phenoxy) is 1. The first kappa shape index (κ1) is 22.5. The van der Waals surface area contributed by atoms with Crippen LogP contribution in [0.25, 0.3) is 0 Å². The summed E-state index contributed by atoms with van der Waals surface area (Å²) in [6, 6.07) is 0. The second-order valence-electron chi connectivity index (χ2n) is 5.35. The Bertz CT molecular complexity index is 321. The maximum Gasteiger partial charge on any atom is 0.408 e. The summed E-state index contributed by atoms with van der Waals surface area (Å²) in [5.74, 6) is -0.0386. The number of hydrogen-bond acceptors (Lipinski definition) is 4. The van der Waals surface area contributed by atoms with E-state index in [1.54, 1.807) is 32.7 Å². The fourth-order valence-corrected chi connectivity index (χ4v) is 1.54. The summed E-state index contributed by atoms with van der Waals surface area (Å²) in [7, 11) is 1.56. The summed E-state index contributed by atoms with van der Waals surface area (Å²) in [6.45, 7) is 11.0. The van der Waals surface area contributed by atoms with E-state index in [0.29, 0.717) is 6.41 Å². The van der Waals surface area contributed by atoms with Gasteiger partial charge in [0.25, 0.3) is 0 Å². The highest BCUT2D eigenvalue weighted by Gasteiger charge is 2.20. The van der Waals surface area contributed by atoms with Crippen LogP contribution < -0.4 is 10.6 Å². The maximum atomic E-state index is 11.6. The lowest BCUT2D eigenvalue weighted by Crippen LogP contribution is -2.40. The molecule has 0 bridgehead atoms. The molecular formula is C15H31N3O4. The molecule has 3 amide bonds. The van der Waals surface area contributed by atoms with Gasteiger partial charge in [0.2, 0.25) is 12.3 Å². The third-order valence-corrected chi connectivity index (χ3v) is 2.36. The summed E-state index contributed by atoms with van der Waals surface area (Å²) < 4.78 is 5.03. The monoisotopic (exact) mass is 317 g/mol. The van der Waals surface area contributed by atoms with Gasteiger partial charge in [-0.15, -0.1) is 0 Å². The van der Waals surface area contributed by atoms with Crippen LogP contribution in [0, 0.1) is 0 Å². The molecule has 0 spiro atoms. The highest BCUT2D eigenvalue weighted by atomic mass is 16.6. The summed E-state index contributed by atoms with van der Waals surface area (Å²) >= 11 is 0. The molecule has 1 fully saturated rings. The molecule has 0 saturated carbocycles. The minimum absolute atomic E-state index is 0.0227. The SMILES string of the molecule is CC.CC(C)(C)OC(=O)NCC(=O)N1CCCC1.CNC=O. The minimum Gasteiger partial charge on any atom is -0.444 e. The van der Waals surface area contributed by atoms with Crippen LogP contribution in [-0.2, 0) is 14.3 Å². The van der Waals surface area contributed by atoms with E-state index in [4.69, 9.17) is 9.53 Å². The number of hydrogen-bond donors (Lipinski definition) is 2. The Kier molecular flexibility index (Phi) is 13.2. The van der Waals surface area contributed by atoms with Crippen LogP contribution in [0.4, 0.5) is 4.79 Å². The molecule has 0 aromatic heterocycles. The molecule has 0 unspecified atom stereocenters. The van der Waals surface area contributed by atoms with E-state index in [0.717, 1.165) is 25.9 Å². The first-order valence-electron chi connectivity index (χ1n) is 7.65. The van der Waals surface area contributed by atoms with Crippen LogP contribution in [0.1, 0.15) is 47.5 Å². The zero-order chi connectivity index (χ0) is 17.6. The molecular weight excluding hydrogens is 286 g/mol. The van der Waals surface area contributed by atoms with Crippen LogP contribution in [0.2, 0.25) is 0 Å². The van der Waals surface area contributed by atoms with Crippen molar-refractivity contribution in [2.45, 2.75) is 53.1 Å². The summed E-state index contributed by atoms with van der Waals surface area (Å²) in [6.07, 6.45) is 2.19. The largest absolute Gasteiger partial charge is 0.444 e. The van der Waals surface area contributed by atoms with Gasteiger partial charge in [-0.2, -0.15) is 0 Å². The number of carbonyl (C=O) groups excluding carboxylic acids is 3. The second kappa shape index (κ2) is 12.9. The number of amides is 3. The van der Waals surface area contributed by atoms with Gasteiger partial charge in [0.15, 0.2) is 0 Å². The summed E-state index contributed by atoms with van der Waals surface area (Å²) in [5.41, 5.74) is -0.527. The second-order valence-corrected chi connectivity index (χ2v) is 5.35. The predicted molar refractivity (Wildman–Crippen MR) is 86.5 cm³/mol. The van der Waals surface area contributed by atoms with Crippen molar-refractivity contribution in [3.05, 3.63) is 0 Å². The van der Waals surface area contributed by atoms with E-state index in [-0.39, 0.29) is 12.5 Å². The highest BCUT2D eigenvalue weighted by Crippen LogP contribution is 2.08. The van der Waals surface area contributed by atoms with Crippen molar-refractivity contribution in [3.63, 3.8) is 0 Å². The van der Waals surface area contributed by atoms with E-state index in [1.807, 2.05) is 13.8 Å². The molecule has 0 radical (unpaired) electrons. The number of nitrogens with one attached hydrogen (secondary N) is 2. The lowest BCUT2D eigenvalue weighted by atomic mass is 10.2. The van der Waals surface area contributed by atoms with Crippen molar-refractivity contribution in [1.82, 2.24) is 15.5 Å². The Labute approximate surface area is 133 Å². The lowest BCUT2D eigenvalue weighted by molar-refractivity contribution is -0.129. The summed E-state index contributed by atoms with van der Waals surface area (Å²) in [5, 5.41) is 4.71. The molecule has 1 saturated heterocycles. The number of alkyl carbamates (subject to hydrolysis) is 1. The predicted octanol–water partition coefficient (Wildman–Crippen LogP) is 1.52. The smallest absolute Gasteiger partial charge is 0.408 e. The van der Waals surface area contributed by atoms with E-state index in [2.05, 4.69) is 10.6 Å². The van der Waals surface area contributed by atoms with Crippen molar-refractivity contribution < 1.29 is 19.1 Å². The molecule has 1 aliphatic heterocycles. The molecule has 1 aliphatic rings. The standard InChI is InChI=1S/C11H20N2O3.C2H5NO.C2H6/c1-11(2,3)16-10(15)12-8-9(14)13-6-4-5-7-13;1-3-2-4;1-2/h4-8H2,1-3H3,(H,12,15);2H,1H3,(H,3,4);1-2H3. The molecule has 0 aromatic carbocycles. The van der Waals surface area contributed by atoms with Crippen molar-refractivity contribution in [3.8, 4) is 0 Å². The van der Waals surface area contributed by atoms with Crippen molar-refractivity contribution in [2.24, 2.45) is 0 Å². The molecule has 0 aliphatic carbocycles. The van der Waals surface area contributed by atoms with Gasteiger partial charge < -0.3 is 20.3 Å². The Hall–Kier alpha value is -1.79. The van der Waals surface area contributed by atoms with E-state index >= 15 is 0 Å². The van der Waals surface area contributed by atoms with Gasteiger partial charge in [0.05, 0.1) is 0 Å². The third kappa shape index (κ3) is 13.2. The normalized spacial score (nSPS) is 12.9. The Balaban J connectivity index is 0. The number of carbonyl (C=O) groups is 3. The lowest BCUT2D eigenvalue weighted by Gasteiger charge is -2.20. The van der Waals surface area contributed by atoms with Crippen molar-refractivity contribution in [2.75, 3.05) is 26.7 Å². The van der Waals surface area contributed by atoms with Crippen molar-refractivity contribution >= 4 is 18.4 Å². The fourth-order valence-electron chi connectivity index (χ4n) is 1.54. The van der Waals surface area contributed by atoms with Crippen LogP contribution in [-0.4, -0.2) is 55.6 Å². The third-order valence-electron chi connectivity index (χ3n) is 2.36.